The van der Waals surface area contributed by atoms with Crippen molar-refractivity contribution in [2.45, 2.75) is 0 Å². The van der Waals surface area contributed by atoms with Crippen molar-refractivity contribution in [2.24, 2.45) is 0 Å². The van der Waals surface area contributed by atoms with Crippen LogP contribution in [0.3, 0.4) is 0 Å². The Labute approximate surface area is 153 Å². The Morgan fingerprint density at radius 2 is 1.77 bits per heavy atom. The van der Waals surface area contributed by atoms with Crippen molar-refractivity contribution in [3.8, 4) is 11.4 Å². The van der Waals surface area contributed by atoms with Crippen LogP contribution in [0.4, 0.5) is 5.69 Å². The van der Waals surface area contributed by atoms with Gasteiger partial charge in [-0.25, -0.2) is 4.68 Å². The van der Waals surface area contributed by atoms with Crippen LogP contribution in [0.25, 0.3) is 5.69 Å². The summed E-state index contributed by atoms with van der Waals surface area (Å²) < 4.78 is 6.95. The lowest BCUT2D eigenvalue weighted by atomic mass is 10.3. The first kappa shape index (κ1) is 17.5. The highest BCUT2D eigenvalue weighted by atomic mass is 16.5. The number of para-hydroxylation sites is 2. The molecule has 0 saturated carbocycles. The molecule has 2 aromatic carbocycles. The number of nitrogens with zero attached hydrogens (tertiary/aromatic N) is 3. The molecular weight excluding hydrogens is 328 g/mol. The number of rotatable bonds is 7. The van der Waals surface area contributed by atoms with Gasteiger partial charge in [-0.3, -0.25) is 4.79 Å². The van der Waals surface area contributed by atoms with E-state index < -0.39 is 0 Å². The predicted molar refractivity (Wildman–Crippen MR) is 102 cm³/mol. The van der Waals surface area contributed by atoms with E-state index in [9.17, 15) is 4.79 Å². The minimum absolute atomic E-state index is 0.252. The molecule has 0 radical (unpaired) electrons. The van der Waals surface area contributed by atoms with Crippen LogP contribution in [-0.2, 0) is 0 Å². The third kappa shape index (κ3) is 4.03. The molecule has 0 saturated heterocycles. The van der Waals surface area contributed by atoms with E-state index in [1.807, 2.05) is 67.7 Å². The number of nitrogens with one attached hydrogen (secondary N) is 1. The fraction of sp³-hybridized carbons (Fsp3) is 0.200. The van der Waals surface area contributed by atoms with E-state index >= 15 is 0 Å². The number of methoxy groups -OCH3 is 1. The summed E-state index contributed by atoms with van der Waals surface area (Å²) in [6.07, 6.45) is 1.71. The lowest BCUT2D eigenvalue weighted by Gasteiger charge is -2.19. The van der Waals surface area contributed by atoms with Gasteiger partial charge in [0, 0.05) is 25.8 Å². The van der Waals surface area contributed by atoms with Gasteiger partial charge in [-0.1, -0.05) is 36.4 Å². The first-order valence-corrected chi connectivity index (χ1v) is 8.42. The molecule has 0 bridgehead atoms. The SMILES string of the molecule is COc1cn(-c2ccccc2)nc1C(=O)NCCN(C)c1ccccc1. The average Bonchev–Trinajstić information content (AvgIpc) is 3.14. The summed E-state index contributed by atoms with van der Waals surface area (Å²) >= 11 is 0. The van der Waals surface area contributed by atoms with Crippen LogP contribution in [-0.4, -0.2) is 42.9 Å². The number of hydrogen-bond acceptors (Lipinski definition) is 4. The topological polar surface area (TPSA) is 59.4 Å². The fourth-order valence-electron chi connectivity index (χ4n) is 2.61. The summed E-state index contributed by atoms with van der Waals surface area (Å²) in [5, 5.41) is 7.28. The fourth-order valence-corrected chi connectivity index (χ4v) is 2.61. The molecule has 1 heterocycles. The van der Waals surface area contributed by atoms with Gasteiger partial charge in [-0.05, 0) is 24.3 Å². The Bertz CT molecular complexity index is 847. The highest BCUT2D eigenvalue weighted by Crippen LogP contribution is 2.19. The van der Waals surface area contributed by atoms with Crippen molar-refractivity contribution in [2.75, 3.05) is 32.1 Å². The summed E-state index contributed by atoms with van der Waals surface area (Å²) in [6, 6.07) is 19.6. The summed E-state index contributed by atoms with van der Waals surface area (Å²) in [5.74, 6) is 0.195. The van der Waals surface area contributed by atoms with Crippen molar-refractivity contribution in [1.82, 2.24) is 15.1 Å². The van der Waals surface area contributed by atoms with Crippen molar-refractivity contribution >= 4 is 11.6 Å². The van der Waals surface area contributed by atoms with Crippen LogP contribution in [0.2, 0.25) is 0 Å². The number of hydrogen-bond donors (Lipinski definition) is 1. The number of aromatic nitrogens is 2. The van der Waals surface area contributed by atoms with Crippen LogP contribution in [0.5, 0.6) is 5.75 Å². The van der Waals surface area contributed by atoms with Gasteiger partial charge in [-0.2, -0.15) is 5.10 Å². The van der Waals surface area contributed by atoms with Gasteiger partial charge >= 0.3 is 0 Å². The van der Waals surface area contributed by atoms with E-state index in [2.05, 4.69) is 15.3 Å². The van der Waals surface area contributed by atoms with Gasteiger partial charge < -0.3 is 15.0 Å². The third-order valence-corrected chi connectivity index (χ3v) is 4.07. The van der Waals surface area contributed by atoms with Crippen LogP contribution in [0, 0.1) is 0 Å². The molecular formula is C20H22N4O2. The van der Waals surface area contributed by atoms with Gasteiger partial charge in [0.25, 0.3) is 5.91 Å². The number of likely N-dealkylation sites (N-methyl/N-ethyl adjacent to an activating group) is 1. The Morgan fingerprint density at radius 3 is 2.42 bits per heavy atom. The Kier molecular flexibility index (Phi) is 5.53. The van der Waals surface area contributed by atoms with E-state index in [-0.39, 0.29) is 11.6 Å². The maximum atomic E-state index is 12.5. The molecule has 26 heavy (non-hydrogen) atoms. The standard InChI is InChI=1S/C20H22N4O2/c1-23(16-9-5-3-6-10-16)14-13-21-20(25)19-18(26-2)15-24(22-19)17-11-7-4-8-12-17/h3-12,15H,13-14H2,1-2H3,(H,21,25). The lowest BCUT2D eigenvalue weighted by molar-refractivity contribution is 0.0946. The van der Waals surface area contributed by atoms with Crippen LogP contribution >= 0.6 is 0 Å². The maximum Gasteiger partial charge on any atom is 0.275 e. The van der Waals surface area contributed by atoms with E-state index in [4.69, 9.17) is 4.74 Å². The molecule has 1 aromatic heterocycles. The zero-order valence-corrected chi connectivity index (χ0v) is 14.9. The zero-order chi connectivity index (χ0) is 18.4. The number of amides is 1. The number of benzene rings is 2. The Morgan fingerprint density at radius 1 is 1.12 bits per heavy atom. The molecule has 3 rings (SSSR count). The predicted octanol–water partition coefficient (Wildman–Crippen LogP) is 2.75. The van der Waals surface area contributed by atoms with Crippen molar-refractivity contribution in [3.05, 3.63) is 72.6 Å². The molecule has 0 aliphatic heterocycles. The Balaban J connectivity index is 1.63. The number of ether oxygens (including phenoxy) is 1. The molecule has 6 heteroatoms. The summed E-state index contributed by atoms with van der Waals surface area (Å²) in [4.78, 5) is 14.6. The number of carbonyl (C=O) groups excluding carboxylic acids is 1. The minimum Gasteiger partial charge on any atom is -0.493 e. The van der Waals surface area contributed by atoms with Gasteiger partial charge in [-0.15, -0.1) is 0 Å². The molecule has 0 spiro atoms. The lowest BCUT2D eigenvalue weighted by Crippen LogP contribution is -2.33. The second kappa shape index (κ2) is 8.20. The molecule has 0 aliphatic rings. The minimum atomic E-state index is -0.252. The highest BCUT2D eigenvalue weighted by Gasteiger charge is 2.18. The van der Waals surface area contributed by atoms with Crippen molar-refractivity contribution in [1.29, 1.82) is 0 Å². The molecule has 1 N–H and O–H groups in total. The summed E-state index contributed by atoms with van der Waals surface area (Å²) in [5.41, 5.74) is 2.25. The molecule has 134 valence electrons. The van der Waals surface area contributed by atoms with Crippen LogP contribution in [0.15, 0.2) is 66.9 Å². The molecule has 0 aliphatic carbocycles. The summed E-state index contributed by atoms with van der Waals surface area (Å²) in [7, 11) is 3.53. The number of anilines is 1. The van der Waals surface area contributed by atoms with E-state index in [1.54, 1.807) is 10.9 Å². The van der Waals surface area contributed by atoms with Gasteiger partial charge in [0.2, 0.25) is 0 Å². The average molecular weight is 350 g/mol. The molecule has 0 atom stereocenters. The first-order valence-electron chi connectivity index (χ1n) is 8.42. The number of carbonyl (C=O) groups is 1. The highest BCUT2D eigenvalue weighted by molar-refractivity contribution is 5.95. The van der Waals surface area contributed by atoms with Crippen molar-refractivity contribution in [3.63, 3.8) is 0 Å². The van der Waals surface area contributed by atoms with Crippen LogP contribution in [0.1, 0.15) is 10.5 Å². The smallest absolute Gasteiger partial charge is 0.275 e. The van der Waals surface area contributed by atoms with E-state index in [0.29, 0.717) is 18.8 Å². The third-order valence-electron chi connectivity index (χ3n) is 4.07. The van der Waals surface area contributed by atoms with Gasteiger partial charge in [0.1, 0.15) is 0 Å². The normalized spacial score (nSPS) is 10.4. The maximum absolute atomic E-state index is 12.5. The van der Waals surface area contributed by atoms with Gasteiger partial charge in [0.15, 0.2) is 11.4 Å². The van der Waals surface area contributed by atoms with Crippen LogP contribution < -0.4 is 15.0 Å². The first-order chi connectivity index (χ1) is 12.7. The van der Waals surface area contributed by atoms with Crippen molar-refractivity contribution < 1.29 is 9.53 Å². The molecule has 3 aromatic rings. The van der Waals surface area contributed by atoms with Gasteiger partial charge in [0.05, 0.1) is 19.0 Å². The Hall–Kier alpha value is -3.28. The second-order valence-corrected chi connectivity index (χ2v) is 5.84. The molecule has 0 fully saturated rings. The molecule has 0 unspecified atom stereocenters. The monoisotopic (exact) mass is 350 g/mol. The van der Waals surface area contributed by atoms with E-state index in [1.165, 1.54) is 7.11 Å². The molecule has 1 amide bonds. The van der Waals surface area contributed by atoms with E-state index in [0.717, 1.165) is 11.4 Å². The quantitative estimate of drug-likeness (QED) is 0.712. The zero-order valence-electron chi connectivity index (χ0n) is 14.9. The largest absolute Gasteiger partial charge is 0.493 e. The summed E-state index contributed by atoms with van der Waals surface area (Å²) in [6.45, 7) is 1.20. The molecule has 6 nitrogen and oxygen atoms in total. The second-order valence-electron chi connectivity index (χ2n) is 5.84.